The molecule has 0 aliphatic carbocycles. The van der Waals surface area contributed by atoms with Gasteiger partial charge in [-0.25, -0.2) is 4.98 Å². The predicted molar refractivity (Wildman–Crippen MR) is 112 cm³/mol. The summed E-state index contributed by atoms with van der Waals surface area (Å²) in [6.07, 6.45) is 1.62. The molecule has 0 bridgehead atoms. The molecule has 3 aromatic rings. The highest BCUT2D eigenvalue weighted by Gasteiger charge is 2.18. The number of fused-ring (bicyclic) bond motifs is 1. The Kier molecular flexibility index (Phi) is 5.76. The van der Waals surface area contributed by atoms with Gasteiger partial charge in [0.05, 0.1) is 16.1 Å². The summed E-state index contributed by atoms with van der Waals surface area (Å²) in [7, 11) is 0. The normalized spacial score (nSPS) is 10.9. The number of thiophene rings is 1. The van der Waals surface area contributed by atoms with E-state index in [2.05, 4.69) is 11.6 Å². The van der Waals surface area contributed by atoms with Gasteiger partial charge >= 0.3 is 0 Å². The summed E-state index contributed by atoms with van der Waals surface area (Å²) in [6.45, 7) is 7.84. The van der Waals surface area contributed by atoms with Crippen LogP contribution in [0, 0.1) is 24.0 Å². The maximum atomic E-state index is 12.9. The van der Waals surface area contributed by atoms with Crippen LogP contribution in [0.1, 0.15) is 20.8 Å². The average Bonchev–Trinajstić information content (AvgIpc) is 2.96. The SMILES string of the molecule is C=CCn1c(SCC(=O)c2ccc([N+](=O)[O-])cc2)nc2sc(C)c(C)c2c1=O. The lowest BCUT2D eigenvalue weighted by Gasteiger charge is -2.10. The number of Topliss-reactive ketones (excluding diaryl/α,β-unsaturated/α-hetero) is 1. The number of aromatic nitrogens is 2. The van der Waals surface area contributed by atoms with Crippen molar-refractivity contribution in [3.8, 4) is 0 Å². The van der Waals surface area contributed by atoms with Crippen molar-refractivity contribution in [1.82, 2.24) is 9.55 Å². The zero-order chi connectivity index (χ0) is 20.4. The van der Waals surface area contributed by atoms with Crippen LogP contribution in [0.4, 0.5) is 5.69 Å². The van der Waals surface area contributed by atoms with Crippen molar-refractivity contribution in [2.45, 2.75) is 25.5 Å². The van der Waals surface area contributed by atoms with Crippen LogP contribution in [0.3, 0.4) is 0 Å². The third-order valence-corrected chi connectivity index (χ3v) is 6.38. The van der Waals surface area contributed by atoms with Crippen molar-refractivity contribution in [1.29, 1.82) is 0 Å². The summed E-state index contributed by atoms with van der Waals surface area (Å²) in [5.74, 6) is -0.131. The second kappa shape index (κ2) is 8.07. The molecule has 0 aliphatic heterocycles. The van der Waals surface area contributed by atoms with Crippen LogP contribution >= 0.6 is 23.1 Å². The largest absolute Gasteiger partial charge is 0.293 e. The minimum Gasteiger partial charge on any atom is -0.293 e. The Morgan fingerprint density at radius 3 is 2.64 bits per heavy atom. The van der Waals surface area contributed by atoms with Crippen LogP contribution < -0.4 is 5.56 Å². The van der Waals surface area contributed by atoms with Gasteiger partial charge in [0.25, 0.3) is 11.2 Å². The van der Waals surface area contributed by atoms with Gasteiger partial charge in [-0.2, -0.15) is 0 Å². The molecule has 0 amide bonds. The molecule has 2 heterocycles. The second-order valence-corrected chi connectivity index (χ2v) is 8.22. The number of nitrogens with zero attached hydrogens (tertiary/aromatic N) is 3. The molecule has 0 radical (unpaired) electrons. The number of nitro benzene ring substituents is 1. The fourth-order valence-electron chi connectivity index (χ4n) is 2.69. The molecule has 0 spiro atoms. The molecule has 0 atom stereocenters. The number of hydrogen-bond donors (Lipinski definition) is 0. The smallest absolute Gasteiger partial charge is 0.269 e. The summed E-state index contributed by atoms with van der Waals surface area (Å²) >= 11 is 2.63. The average molecular weight is 415 g/mol. The first kappa shape index (κ1) is 20.0. The number of carbonyl (C=O) groups excluding carboxylic acids is 1. The fourth-order valence-corrected chi connectivity index (χ4v) is 4.66. The number of ketones is 1. The molecular formula is C19H17N3O4S2. The van der Waals surface area contributed by atoms with Gasteiger partial charge in [0.2, 0.25) is 0 Å². The highest BCUT2D eigenvalue weighted by molar-refractivity contribution is 7.99. The topological polar surface area (TPSA) is 95.1 Å². The zero-order valence-corrected chi connectivity index (χ0v) is 16.9. The molecular weight excluding hydrogens is 398 g/mol. The van der Waals surface area contributed by atoms with Crippen molar-refractivity contribution in [3.63, 3.8) is 0 Å². The molecule has 3 rings (SSSR count). The summed E-state index contributed by atoms with van der Waals surface area (Å²) in [5, 5.41) is 11.8. The zero-order valence-electron chi connectivity index (χ0n) is 15.3. The lowest BCUT2D eigenvalue weighted by molar-refractivity contribution is -0.384. The Morgan fingerprint density at radius 1 is 1.36 bits per heavy atom. The Labute approximate surface area is 168 Å². The van der Waals surface area contributed by atoms with Gasteiger partial charge in [-0.3, -0.25) is 24.3 Å². The Hall–Kier alpha value is -2.78. The van der Waals surface area contributed by atoms with E-state index in [1.807, 2.05) is 13.8 Å². The summed E-state index contributed by atoms with van der Waals surface area (Å²) in [5.41, 5.74) is 1.09. The number of allylic oxidation sites excluding steroid dienone is 1. The fraction of sp³-hybridized carbons (Fsp3) is 0.211. The van der Waals surface area contributed by atoms with Crippen LogP contribution in [0.15, 0.2) is 46.9 Å². The van der Waals surface area contributed by atoms with Crippen LogP contribution in [-0.4, -0.2) is 26.0 Å². The van der Waals surface area contributed by atoms with Gasteiger partial charge in [0.15, 0.2) is 10.9 Å². The van der Waals surface area contributed by atoms with Gasteiger partial charge in [0, 0.05) is 29.1 Å². The lowest BCUT2D eigenvalue weighted by Crippen LogP contribution is -2.23. The Morgan fingerprint density at radius 2 is 2.04 bits per heavy atom. The van der Waals surface area contributed by atoms with Crippen molar-refractivity contribution in [3.05, 3.63) is 73.4 Å². The molecule has 144 valence electrons. The van der Waals surface area contributed by atoms with Crippen LogP contribution in [-0.2, 0) is 6.54 Å². The lowest BCUT2D eigenvalue weighted by atomic mass is 10.1. The van der Waals surface area contributed by atoms with Gasteiger partial charge in [-0.05, 0) is 31.5 Å². The number of benzene rings is 1. The monoisotopic (exact) mass is 415 g/mol. The van der Waals surface area contributed by atoms with Crippen molar-refractivity contribution in [2.24, 2.45) is 0 Å². The maximum Gasteiger partial charge on any atom is 0.269 e. The van der Waals surface area contributed by atoms with Crippen LogP contribution in [0.25, 0.3) is 10.2 Å². The van der Waals surface area contributed by atoms with Gasteiger partial charge in [-0.15, -0.1) is 17.9 Å². The molecule has 9 heteroatoms. The summed E-state index contributed by atoms with van der Waals surface area (Å²) < 4.78 is 1.52. The number of nitro groups is 1. The highest BCUT2D eigenvalue weighted by atomic mass is 32.2. The molecule has 0 N–H and O–H groups in total. The third-order valence-electron chi connectivity index (χ3n) is 4.30. The molecule has 1 aromatic carbocycles. The Bertz CT molecular complexity index is 1150. The van der Waals surface area contributed by atoms with Gasteiger partial charge in [0.1, 0.15) is 4.83 Å². The summed E-state index contributed by atoms with van der Waals surface area (Å²) in [6, 6.07) is 5.46. The molecule has 2 aromatic heterocycles. The molecule has 7 nitrogen and oxygen atoms in total. The van der Waals surface area contributed by atoms with E-state index in [-0.39, 0.29) is 22.8 Å². The van der Waals surface area contributed by atoms with Crippen molar-refractivity contribution in [2.75, 3.05) is 5.75 Å². The number of carbonyl (C=O) groups is 1. The number of aryl methyl sites for hydroxylation is 2. The van der Waals surface area contributed by atoms with E-state index < -0.39 is 4.92 Å². The van der Waals surface area contributed by atoms with Crippen molar-refractivity contribution >= 4 is 44.8 Å². The first-order valence-corrected chi connectivity index (χ1v) is 10.2. The van der Waals surface area contributed by atoms with E-state index in [0.717, 1.165) is 10.4 Å². The highest BCUT2D eigenvalue weighted by Crippen LogP contribution is 2.28. The van der Waals surface area contributed by atoms with Gasteiger partial charge in [-0.1, -0.05) is 17.8 Å². The number of non-ortho nitro benzene ring substituents is 1. The van der Waals surface area contributed by atoms with E-state index in [1.54, 1.807) is 6.08 Å². The minimum absolute atomic E-state index is 0.0657. The Balaban J connectivity index is 1.90. The second-order valence-electron chi connectivity index (χ2n) is 6.08. The van der Waals surface area contributed by atoms with E-state index in [4.69, 9.17) is 0 Å². The molecule has 0 saturated carbocycles. The molecule has 28 heavy (non-hydrogen) atoms. The number of rotatable bonds is 7. The van der Waals surface area contributed by atoms with Gasteiger partial charge < -0.3 is 0 Å². The first-order valence-electron chi connectivity index (χ1n) is 8.35. The molecule has 0 aliphatic rings. The minimum atomic E-state index is -0.513. The maximum absolute atomic E-state index is 12.9. The van der Waals surface area contributed by atoms with E-state index in [1.165, 1.54) is 51.9 Å². The molecule has 0 unspecified atom stereocenters. The van der Waals surface area contributed by atoms with Crippen LogP contribution in [0.5, 0.6) is 0 Å². The molecule has 0 saturated heterocycles. The quantitative estimate of drug-likeness (QED) is 0.144. The number of thioether (sulfide) groups is 1. The first-order chi connectivity index (χ1) is 13.3. The van der Waals surface area contributed by atoms with E-state index in [0.29, 0.717) is 27.5 Å². The van der Waals surface area contributed by atoms with E-state index in [9.17, 15) is 19.7 Å². The van der Waals surface area contributed by atoms with E-state index >= 15 is 0 Å². The third kappa shape index (κ3) is 3.76. The summed E-state index contributed by atoms with van der Waals surface area (Å²) in [4.78, 5) is 41.9. The standard InChI is InChI=1S/C19H17N3O4S2/c1-4-9-21-18(24)16-11(2)12(3)28-17(16)20-19(21)27-10-15(23)13-5-7-14(8-6-13)22(25)26/h4-8H,1,9-10H2,2-3H3. The van der Waals surface area contributed by atoms with Crippen LogP contribution in [0.2, 0.25) is 0 Å². The molecule has 0 fully saturated rings. The predicted octanol–water partition coefficient (Wildman–Crippen LogP) is 4.14. The van der Waals surface area contributed by atoms with Crippen molar-refractivity contribution < 1.29 is 9.72 Å². The number of hydrogen-bond acceptors (Lipinski definition) is 7.